The molecule has 2 aromatic rings. The Morgan fingerprint density at radius 3 is 2.59 bits per heavy atom. The predicted octanol–water partition coefficient (Wildman–Crippen LogP) is 3.64. The smallest absolute Gasteiger partial charge is 0.309 e. The van der Waals surface area contributed by atoms with Crippen molar-refractivity contribution in [3.8, 4) is 5.69 Å². The molecule has 1 unspecified atom stereocenters. The van der Waals surface area contributed by atoms with Crippen LogP contribution < -0.4 is 5.32 Å². The normalized spacial score (nSPS) is 16.2. The van der Waals surface area contributed by atoms with Gasteiger partial charge in [-0.3, -0.25) is 9.59 Å². The van der Waals surface area contributed by atoms with Crippen LogP contribution in [0.25, 0.3) is 5.69 Å². The molecule has 3 rings (SSSR count). The zero-order chi connectivity index (χ0) is 19.4. The molecule has 0 saturated carbocycles. The Balaban J connectivity index is 1.63. The molecule has 0 spiro atoms. The van der Waals surface area contributed by atoms with E-state index >= 15 is 0 Å². The SMILES string of the molecule is Cc1ccc(-n2nc(C)c(NC(=O)COC(=O)C3CC=CCC3)c2C)cc1. The maximum Gasteiger partial charge on any atom is 0.309 e. The van der Waals surface area contributed by atoms with Crippen LogP contribution in [0, 0.1) is 26.7 Å². The average molecular weight is 367 g/mol. The summed E-state index contributed by atoms with van der Waals surface area (Å²) in [4.78, 5) is 24.3. The number of amides is 1. The standard InChI is InChI=1S/C21H25N3O3/c1-14-9-11-18(12-10-14)24-16(3)20(15(2)23-24)22-19(25)13-27-21(26)17-7-5-4-6-8-17/h4-5,9-12,17H,6-8,13H2,1-3H3,(H,22,25). The minimum absolute atomic E-state index is 0.143. The van der Waals surface area contributed by atoms with E-state index in [1.807, 2.05) is 51.1 Å². The minimum atomic E-state index is -0.357. The van der Waals surface area contributed by atoms with E-state index in [0.29, 0.717) is 17.8 Å². The van der Waals surface area contributed by atoms with Gasteiger partial charge in [0.1, 0.15) is 0 Å². The molecule has 1 aliphatic carbocycles. The summed E-state index contributed by atoms with van der Waals surface area (Å²) in [6, 6.07) is 8.01. The zero-order valence-electron chi connectivity index (χ0n) is 16.0. The van der Waals surface area contributed by atoms with Crippen LogP contribution in [-0.4, -0.2) is 28.3 Å². The van der Waals surface area contributed by atoms with Crippen molar-refractivity contribution >= 4 is 17.6 Å². The lowest BCUT2D eigenvalue weighted by Gasteiger charge is -2.16. The van der Waals surface area contributed by atoms with Gasteiger partial charge < -0.3 is 10.1 Å². The lowest BCUT2D eigenvalue weighted by Crippen LogP contribution is -2.25. The molecule has 0 aliphatic heterocycles. The summed E-state index contributed by atoms with van der Waals surface area (Å²) in [7, 11) is 0. The van der Waals surface area contributed by atoms with Crippen LogP contribution in [0.1, 0.15) is 36.2 Å². The first-order valence-corrected chi connectivity index (χ1v) is 9.20. The zero-order valence-corrected chi connectivity index (χ0v) is 16.0. The van der Waals surface area contributed by atoms with Crippen molar-refractivity contribution in [1.82, 2.24) is 9.78 Å². The molecule has 0 bridgehead atoms. The summed E-state index contributed by atoms with van der Waals surface area (Å²) < 4.78 is 6.98. The fraction of sp³-hybridized carbons (Fsp3) is 0.381. The van der Waals surface area contributed by atoms with Crippen LogP contribution in [-0.2, 0) is 14.3 Å². The van der Waals surface area contributed by atoms with Gasteiger partial charge in [-0.05, 0) is 52.2 Å². The molecule has 0 saturated heterocycles. The number of nitrogens with zero attached hydrogens (tertiary/aromatic N) is 2. The van der Waals surface area contributed by atoms with E-state index in [1.165, 1.54) is 5.56 Å². The molecular weight excluding hydrogens is 342 g/mol. The molecule has 1 atom stereocenters. The number of aryl methyl sites for hydroxylation is 2. The highest BCUT2D eigenvalue weighted by molar-refractivity contribution is 5.94. The Labute approximate surface area is 159 Å². The third-order valence-corrected chi connectivity index (χ3v) is 4.78. The second-order valence-electron chi connectivity index (χ2n) is 6.93. The van der Waals surface area contributed by atoms with Crippen molar-refractivity contribution in [2.45, 2.75) is 40.0 Å². The van der Waals surface area contributed by atoms with Crippen molar-refractivity contribution in [1.29, 1.82) is 0 Å². The molecule has 0 radical (unpaired) electrons. The van der Waals surface area contributed by atoms with E-state index in [-0.39, 0.29) is 24.4 Å². The minimum Gasteiger partial charge on any atom is -0.455 e. The molecule has 1 N–H and O–H groups in total. The van der Waals surface area contributed by atoms with Gasteiger partial charge in [0.2, 0.25) is 0 Å². The molecule has 1 aromatic carbocycles. The molecule has 1 aromatic heterocycles. The van der Waals surface area contributed by atoms with Gasteiger partial charge in [-0.15, -0.1) is 0 Å². The number of esters is 1. The summed E-state index contributed by atoms with van der Waals surface area (Å²) in [5.41, 5.74) is 4.29. The number of allylic oxidation sites excluding steroid dienone is 2. The van der Waals surface area contributed by atoms with Gasteiger partial charge in [-0.25, -0.2) is 4.68 Å². The quantitative estimate of drug-likeness (QED) is 0.647. The molecule has 6 heteroatoms. The molecule has 142 valence electrons. The first kappa shape index (κ1) is 18.9. The van der Waals surface area contributed by atoms with Crippen molar-refractivity contribution in [2.24, 2.45) is 5.92 Å². The van der Waals surface area contributed by atoms with Crippen molar-refractivity contribution < 1.29 is 14.3 Å². The average Bonchev–Trinajstić information content (AvgIpc) is 2.95. The number of aromatic nitrogens is 2. The van der Waals surface area contributed by atoms with Gasteiger partial charge in [0.15, 0.2) is 6.61 Å². The van der Waals surface area contributed by atoms with E-state index in [4.69, 9.17) is 4.74 Å². The summed E-state index contributed by atoms with van der Waals surface area (Å²) in [5.74, 6) is -0.807. The molecular formula is C21H25N3O3. The van der Waals surface area contributed by atoms with Crippen molar-refractivity contribution in [3.63, 3.8) is 0 Å². The van der Waals surface area contributed by atoms with Crippen LogP contribution in [0.15, 0.2) is 36.4 Å². The second-order valence-corrected chi connectivity index (χ2v) is 6.93. The monoisotopic (exact) mass is 367 g/mol. The highest BCUT2D eigenvalue weighted by Crippen LogP contribution is 2.23. The maximum absolute atomic E-state index is 12.3. The largest absolute Gasteiger partial charge is 0.455 e. The number of hydrogen-bond acceptors (Lipinski definition) is 4. The number of hydrogen-bond donors (Lipinski definition) is 1. The molecule has 1 amide bonds. The Kier molecular flexibility index (Phi) is 5.74. The first-order valence-electron chi connectivity index (χ1n) is 9.20. The second kappa shape index (κ2) is 8.20. The summed E-state index contributed by atoms with van der Waals surface area (Å²) in [6.45, 7) is 5.48. The van der Waals surface area contributed by atoms with Gasteiger partial charge in [-0.1, -0.05) is 29.8 Å². The number of carbonyl (C=O) groups is 2. The van der Waals surface area contributed by atoms with Crippen molar-refractivity contribution in [3.05, 3.63) is 53.4 Å². The first-order chi connectivity index (χ1) is 13.0. The Morgan fingerprint density at radius 2 is 1.93 bits per heavy atom. The number of carbonyl (C=O) groups excluding carboxylic acids is 2. The fourth-order valence-electron chi connectivity index (χ4n) is 3.20. The number of ether oxygens (including phenoxy) is 1. The molecule has 6 nitrogen and oxygen atoms in total. The molecule has 27 heavy (non-hydrogen) atoms. The summed E-state index contributed by atoms with van der Waals surface area (Å²) in [6.07, 6.45) is 6.39. The van der Waals surface area contributed by atoms with E-state index in [2.05, 4.69) is 16.5 Å². The Morgan fingerprint density at radius 1 is 1.19 bits per heavy atom. The lowest BCUT2D eigenvalue weighted by atomic mass is 9.95. The van der Waals surface area contributed by atoms with Gasteiger partial charge in [0, 0.05) is 0 Å². The number of nitrogens with one attached hydrogen (secondary N) is 1. The van der Waals surface area contributed by atoms with E-state index < -0.39 is 0 Å². The van der Waals surface area contributed by atoms with Crippen LogP contribution >= 0.6 is 0 Å². The fourth-order valence-corrected chi connectivity index (χ4v) is 3.20. The van der Waals surface area contributed by atoms with E-state index in [0.717, 1.165) is 24.2 Å². The Hall–Kier alpha value is -2.89. The Bertz CT molecular complexity index is 866. The van der Waals surface area contributed by atoms with E-state index in [1.54, 1.807) is 4.68 Å². The van der Waals surface area contributed by atoms with E-state index in [9.17, 15) is 9.59 Å². The number of anilines is 1. The number of benzene rings is 1. The van der Waals surface area contributed by atoms with Gasteiger partial charge >= 0.3 is 5.97 Å². The highest BCUT2D eigenvalue weighted by atomic mass is 16.5. The van der Waals surface area contributed by atoms with Gasteiger partial charge in [0.25, 0.3) is 5.91 Å². The van der Waals surface area contributed by atoms with Crippen LogP contribution in [0.2, 0.25) is 0 Å². The maximum atomic E-state index is 12.3. The summed E-state index contributed by atoms with van der Waals surface area (Å²) in [5, 5.41) is 7.34. The highest BCUT2D eigenvalue weighted by Gasteiger charge is 2.22. The third kappa shape index (κ3) is 4.45. The lowest BCUT2D eigenvalue weighted by molar-refractivity contribution is -0.151. The number of rotatable bonds is 5. The van der Waals surface area contributed by atoms with Crippen LogP contribution in [0.4, 0.5) is 5.69 Å². The van der Waals surface area contributed by atoms with Gasteiger partial charge in [-0.2, -0.15) is 5.10 Å². The molecule has 1 aliphatic rings. The molecule has 1 heterocycles. The predicted molar refractivity (Wildman–Crippen MR) is 104 cm³/mol. The topological polar surface area (TPSA) is 73.2 Å². The summed E-state index contributed by atoms with van der Waals surface area (Å²) >= 11 is 0. The molecule has 0 fully saturated rings. The van der Waals surface area contributed by atoms with Gasteiger partial charge in [0.05, 0.1) is 28.7 Å². The van der Waals surface area contributed by atoms with Crippen molar-refractivity contribution in [2.75, 3.05) is 11.9 Å². The van der Waals surface area contributed by atoms with Crippen LogP contribution in [0.5, 0.6) is 0 Å². The van der Waals surface area contributed by atoms with Crippen LogP contribution in [0.3, 0.4) is 0 Å². The third-order valence-electron chi connectivity index (χ3n) is 4.78.